The van der Waals surface area contributed by atoms with E-state index in [0.29, 0.717) is 6.61 Å². The normalized spacial score (nSPS) is 15.6. The number of hydrogen-bond acceptors (Lipinski definition) is 2. The van der Waals surface area contributed by atoms with E-state index in [1.807, 2.05) is 18.2 Å². The van der Waals surface area contributed by atoms with Crippen LogP contribution in [0.15, 0.2) is 30.3 Å². The SMILES string of the molecule is COc1cccc(C2=CCOC2)c1. The first kappa shape index (κ1) is 8.32. The molecule has 0 atom stereocenters. The molecule has 1 aromatic rings. The van der Waals surface area contributed by atoms with Crippen molar-refractivity contribution in [1.82, 2.24) is 0 Å². The van der Waals surface area contributed by atoms with Crippen molar-refractivity contribution in [3.63, 3.8) is 0 Å². The van der Waals surface area contributed by atoms with Crippen LogP contribution in [-0.2, 0) is 4.74 Å². The molecule has 0 saturated carbocycles. The molecule has 2 heteroatoms. The van der Waals surface area contributed by atoms with Crippen molar-refractivity contribution in [3.05, 3.63) is 35.9 Å². The van der Waals surface area contributed by atoms with Gasteiger partial charge in [0.15, 0.2) is 0 Å². The Bertz CT molecular complexity index is 329. The molecular weight excluding hydrogens is 164 g/mol. The van der Waals surface area contributed by atoms with Crippen molar-refractivity contribution in [2.75, 3.05) is 20.3 Å². The molecule has 2 nitrogen and oxygen atoms in total. The molecule has 0 unspecified atom stereocenters. The van der Waals surface area contributed by atoms with Gasteiger partial charge in [-0.05, 0) is 23.3 Å². The fourth-order valence-corrected chi connectivity index (χ4v) is 1.41. The quantitative estimate of drug-likeness (QED) is 0.687. The van der Waals surface area contributed by atoms with Crippen LogP contribution in [0.5, 0.6) is 5.75 Å². The second-order valence-electron chi connectivity index (χ2n) is 2.98. The summed E-state index contributed by atoms with van der Waals surface area (Å²) >= 11 is 0. The van der Waals surface area contributed by atoms with E-state index in [2.05, 4.69) is 12.1 Å². The molecule has 1 heterocycles. The van der Waals surface area contributed by atoms with Crippen LogP contribution >= 0.6 is 0 Å². The Hall–Kier alpha value is -1.28. The maximum atomic E-state index is 5.25. The molecule has 0 N–H and O–H groups in total. The number of methoxy groups -OCH3 is 1. The molecule has 0 saturated heterocycles. The highest BCUT2D eigenvalue weighted by atomic mass is 16.5. The lowest BCUT2D eigenvalue weighted by atomic mass is 10.1. The minimum absolute atomic E-state index is 0.715. The lowest BCUT2D eigenvalue weighted by Crippen LogP contribution is -1.89. The molecular formula is C11H12O2. The summed E-state index contributed by atoms with van der Waals surface area (Å²) in [5, 5.41) is 0. The molecule has 0 fully saturated rings. The van der Waals surface area contributed by atoms with E-state index < -0.39 is 0 Å². The Morgan fingerprint density at radius 3 is 3.00 bits per heavy atom. The Morgan fingerprint density at radius 2 is 2.31 bits per heavy atom. The first-order valence-corrected chi connectivity index (χ1v) is 4.31. The third-order valence-corrected chi connectivity index (χ3v) is 2.15. The molecule has 0 aromatic heterocycles. The molecule has 0 radical (unpaired) electrons. The topological polar surface area (TPSA) is 18.5 Å². The van der Waals surface area contributed by atoms with E-state index in [0.717, 1.165) is 12.4 Å². The zero-order valence-corrected chi connectivity index (χ0v) is 7.62. The molecule has 68 valence electrons. The van der Waals surface area contributed by atoms with Crippen molar-refractivity contribution >= 4 is 5.57 Å². The van der Waals surface area contributed by atoms with Crippen LogP contribution in [0, 0.1) is 0 Å². The summed E-state index contributed by atoms with van der Waals surface area (Å²) in [5.41, 5.74) is 2.44. The van der Waals surface area contributed by atoms with Crippen LogP contribution in [0.4, 0.5) is 0 Å². The van der Waals surface area contributed by atoms with Gasteiger partial charge in [-0.3, -0.25) is 0 Å². The van der Waals surface area contributed by atoms with Gasteiger partial charge in [-0.2, -0.15) is 0 Å². The van der Waals surface area contributed by atoms with Crippen molar-refractivity contribution in [2.45, 2.75) is 0 Å². The number of benzene rings is 1. The average Bonchev–Trinajstić information content (AvgIpc) is 2.71. The van der Waals surface area contributed by atoms with Crippen LogP contribution in [0.3, 0.4) is 0 Å². The van der Waals surface area contributed by atoms with Crippen molar-refractivity contribution in [3.8, 4) is 5.75 Å². The first-order valence-electron chi connectivity index (χ1n) is 4.31. The van der Waals surface area contributed by atoms with Crippen LogP contribution in [0.25, 0.3) is 5.57 Å². The Morgan fingerprint density at radius 1 is 1.38 bits per heavy atom. The fraction of sp³-hybridized carbons (Fsp3) is 0.273. The highest BCUT2D eigenvalue weighted by Crippen LogP contribution is 2.22. The van der Waals surface area contributed by atoms with Gasteiger partial charge >= 0.3 is 0 Å². The zero-order valence-electron chi connectivity index (χ0n) is 7.62. The highest BCUT2D eigenvalue weighted by Gasteiger charge is 2.07. The zero-order chi connectivity index (χ0) is 9.10. The molecule has 1 aliphatic heterocycles. The number of ether oxygens (including phenoxy) is 2. The van der Waals surface area contributed by atoms with E-state index in [1.54, 1.807) is 7.11 Å². The van der Waals surface area contributed by atoms with Crippen molar-refractivity contribution in [2.24, 2.45) is 0 Å². The summed E-state index contributed by atoms with van der Waals surface area (Å²) in [5.74, 6) is 0.894. The molecule has 0 aliphatic carbocycles. The third kappa shape index (κ3) is 1.73. The fourth-order valence-electron chi connectivity index (χ4n) is 1.41. The Balaban J connectivity index is 2.29. The summed E-state index contributed by atoms with van der Waals surface area (Å²) in [6.07, 6.45) is 2.11. The van der Waals surface area contributed by atoms with Gasteiger partial charge in [-0.1, -0.05) is 18.2 Å². The largest absolute Gasteiger partial charge is 0.497 e. The van der Waals surface area contributed by atoms with Crippen LogP contribution in [0.1, 0.15) is 5.56 Å². The van der Waals surface area contributed by atoms with Gasteiger partial charge in [0.2, 0.25) is 0 Å². The van der Waals surface area contributed by atoms with Crippen molar-refractivity contribution < 1.29 is 9.47 Å². The van der Waals surface area contributed by atoms with Gasteiger partial charge in [-0.15, -0.1) is 0 Å². The standard InChI is InChI=1S/C11H12O2/c1-12-11-4-2-3-9(7-11)10-5-6-13-8-10/h2-5,7H,6,8H2,1H3. The molecule has 0 bridgehead atoms. The van der Waals surface area contributed by atoms with Crippen LogP contribution in [-0.4, -0.2) is 20.3 Å². The summed E-state index contributed by atoms with van der Waals surface area (Å²) in [7, 11) is 1.68. The van der Waals surface area contributed by atoms with E-state index in [4.69, 9.17) is 9.47 Å². The second-order valence-corrected chi connectivity index (χ2v) is 2.98. The minimum Gasteiger partial charge on any atom is -0.497 e. The molecule has 2 rings (SSSR count). The van der Waals surface area contributed by atoms with E-state index >= 15 is 0 Å². The molecule has 13 heavy (non-hydrogen) atoms. The third-order valence-electron chi connectivity index (χ3n) is 2.15. The monoisotopic (exact) mass is 176 g/mol. The lowest BCUT2D eigenvalue weighted by molar-refractivity contribution is 0.216. The summed E-state index contributed by atoms with van der Waals surface area (Å²) in [4.78, 5) is 0. The van der Waals surface area contributed by atoms with E-state index in [-0.39, 0.29) is 0 Å². The van der Waals surface area contributed by atoms with Gasteiger partial charge in [0.1, 0.15) is 5.75 Å². The smallest absolute Gasteiger partial charge is 0.119 e. The maximum Gasteiger partial charge on any atom is 0.119 e. The van der Waals surface area contributed by atoms with E-state index in [9.17, 15) is 0 Å². The summed E-state index contributed by atoms with van der Waals surface area (Å²) < 4.78 is 10.4. The molecule has 0 spiro atoms. The lowest BCUT2D eigenvalue weighted by Gasteiger charge is -2.04. The molecule has 0 amide bonds. The minimum atomic E-state index is 0.715. The van der Waals surface area contributed by atoms with Gasteiger partial charge in [0, 0.05) is 0 Å². The predicted octanol–water partition coefficient (Wildman–Crippen LogP) is 2.11. The average molecular weight is 176 g/mol. The van der Waals surface area contributed by atoms with Crippen LogP contribution in [0.2, 0.25) is 0 Å². The Labute approximate surface area is 77.8 Å². The van der Waals surface area contributed by atoms with E-state index in [1.165, 1.54) is 11.1 Å². The van der Waals surface area contributed by atoms with Gasteiger partial charge in [0.25, 0.3) is 0 Å². The molecule has 1 aromatic carbocycles. The van der Waals surface area contributed by atoms with Gasteiger partial charge in [-0.25, -0.2) is 0 Å². The van der Waals surface area contributed by atoms with Gasteiger partial charge < -0.3 is 9.47 Å². The first-order chi connectivity index (χ1) is 6.40. The van der Waals surface area contributed by atoms with Crippen LogP contribution < -0.4 is 4.74 Å². The second kappa shape index (κ2) is 3.62. The maximum absolute atomic E-state index is 5.25. The summed E-state index contributed by atoms with van der Waals surface area (Å²) in [6.45, 7) is 1.44. The Kier molecular flexibility index (Phi) is 2.32. The van der Waals surface area contributed by atoms with Gasteiger partial charge in [0.05, 0.1) is 20.3 Å². The number of hydrogen-bond donors (Lipinski definition) is 0. The predicted molar refractivity (Wildman–Crippen MR) is 51.8 cm³/mol. The van der Waals surface area contributed by atoms with Crippen molar-refractivity contribution in [1.29, 1.82) is 0 Å². The molecule has 1 aliphatic rings. The number of rotatable bonds is 2. The summed E-state index contributed by atoms with van der Waals surface area (Å²) in [6, 6.07) is 8.04. The highest BCUT2D eigenvalue weighted by molar-refractivity contribution is 5.68.